The Balaban J connectivity index is 2.24. The Kier molecular flexibility index (Phi) is 4.75. The number of rotatable bonds is 4. The van der Waals surface area contributed by atoms with E-state index in [2.05, 4.69) is 0 Å². The summed E-state index contributed by atoms with van der Waals surface area (Å²) in [5.74, 6) is -0.448. The minimum absolute atomic E-state index is 0.203. The van der Waals surface area contributed by atoms with Gasteiger partial charge < -0.3 is 3.07 Å². The van der Waals surface area contributed by atoms with Crippen LogP contribution in [0.2, 0.25) is 0 Å². The first kappa shape index (κ1) is 13.1. The van der Waals surface area contributed by atoms with Gasteiger partial charge in [-0.15, -0.1) is 0 Å². The fourth-order valence-corrected chi connectivity index (χ4v) is 2.23. The smallest absolute Gasteiger partial charge is 0.323 e. The van der Waals surface area contributed by atoms with E-state index in [1.807, 2.05) is 60.7 Å². The van der Waals surface area contributed by atoms with Crippen molar-refractivity contribution in [1.82, 2.24) is 0 Å². The molecule has 0 amide bonds. The Morgan fingerprint density at radius 2 is 1.56 bits per heavy atom. The molecule has 0 N–H and O–H groups in total. The molecule has 0 spiro atoms. The van der Waals surface area contributed by atoms with Gasteiger partial charge in [0.05, 0.1) is 5.92 Å². The average molecular weight is 352 g/mol. The van der Waals surface area contributed by atoms with Crippen molar-refractivity contribution in [2.75, 3.05) is 0 Å². The first-order valence-corrected chi connectivity index (χ1v) is 6.60. The fourth-order valence-electron chi connectivity index (χ4n) is 1.93. The van der Waals surface area contributed by atoms with E-state index in [0.717, 1.165) is 11.1 Å². The molecule has 0 saturated carbocycles. The lowest BCUT2D eigenvalue weighted by Gasteiger charge is -2.14. The largest absolute Gasteiger partial charge is 0.394 e. The zero-order chi connectivity index (χ0) is 12.8. The molecule has 0 aliphatic rings. The number of halogens is 1. The first-order chi connectivity index (χ1) is 8.81. The van der Waals surface area contributed by atoms with Crippen LogP contribution in [0.3, 0.4) is 0 Å². The van der Waals surface area contributed by atoms with Crippen LogP contribution in [0, 0.1) is 0 Å². The van der Waals surface area contributed by atoms with E-state index in [0.29, 0.717) is 6.42 Å². The van der Waals surface area contributed by atoms with Gasteiger partial charge in [-0.2, -0.15) is 0 Å². The van der Waals surface area contributed by atoms with Gasteiger partial charge in [0.2, 0.25) is 0 Å². The minimum Gasteiger partial charge on any atom is -0.394 e. The van der Waals surface area contributed by atoms with Crippen LogP contribution in [0.25, 0.3) is 0 Å². The quantitative estimate of drug-likeness (QED) is 0.780. The number of carbonyl (C=O) groups excluding carboxylic acids is 1. The third-order valence-electron chi connectivity index (χ3n) is 2.85. The highest BCUT2D eigenvalue weighted by Crippen LogP contribution is 2.23. The van der Waals surface area contributed by atoms with Crippen LogP contribution in [0.1, 0.15) is 17.0 Å². The van der Waals surface area contributed by atoms with Crippen molar-refractivity contribution in [2.45, 2.75) is 12.3 Å². The highest BCUT2D eigenvalue weighted by molar-refractivity contribution is 14.1. The Morgan fingerprint density at radius 3 is 2.11 bits per heavy atom. The molecule has 0 radical (unpaired) electrons. The number of hydrogen-bond donors (Lipinski definition) is 0. The van der Waals surface area contributed by atoms with Gasteiger partial charge in [-0.3, -0.25) is 4.79 Å². The van der Waals surface area contributed by atoms with Gasteiger partial charge >= 0.3 is 5.97 Å². The number of carbonyl (C=O) groups is 1. The van der Waals surface area contributed by atoms with Crippen LogP contribution in [-0.2, 0) is 14.3 Å². The lowest BCUT2D eigenvalue weighted by atomic mass is 9.92. The normalized spacial score (nSPS) is 11.8. The summed E-state index contributed by atoms with van der Waals surface area (Å²) in [6.07, 6.45) is 0.659. The second-order valence-electron chi connectivity index (χ2n) is 4.05. The molecule has 2 aromatic rings. The number of hydrogen-bond acceptors (Lipinski definition) is 2. The monoisotopic (exact) mass is 352 g/mol. The summed E-state index contributed by atoms with van der Waals surface area (Å²) in [6, 6.07) is 19.7. The molecule has 2 aromatic carbocycles. The molecule has 18 heavy (non-hydrogen) atoms. The maximum absolute atomic E-state index is 11.9. The molecule has 0 heterocycles. The topological polar surface area (TPSA) is 26.3 Å². The summed E-state index contributed by atoms with van der Waals surface area (Å²) >= 11 is 1.65. The van der Waals surface area contributed by atoms with E-state index >= 15 is 0 Å². The van der Waals surface area contributed by atoms with Crippen molar-refractivity contribution < 1.29 is 7.86 Å². The first-order valence-electron chi connectivity index (χ1n) is 5.72. The van der Waals surface area contributed by atoms with Crippen molar-refractivity contribution >= 4 is 29.0 Å². The summed E-state index contributed by atoms with van der Waals surface area (Å²) in [7, 11) is 0. The summed E-state index contributed by atoms with van der Waals surface area (Å²) < 4.78 is 4.87. The van der Waals surface area contributed by atoms with Crippen molar-refractivity contribution in [3.05, 3.63) is 71.8 Å². The zero-order valence-corrected chi connectivity index (χ0v) is 11.9. The lowest BCUT2D eigenvalue weighted by molar-refractivity contribution is -0.133. The maximum Gasteiger partial charge on any atom is 0.323 e. The van der Waals surface area contributed by atoms with Gasteiger partial charge in [0.1, 0.15) is 0 Å². The molecule has 92 valence electrons. The number of benzene rings is 2. The highest BCUT2D eigenvalue weighted by Gasteiger charge is 2.22. The Bertz CT molecular complexity index is 496. The van der Waals surface area contributed by atoms with Crippen molar-refractivity contribution in [1.29, 1.82) is 0 Å². The van der Waals surface area contributed by atoms with Crippen LogP contribution >= 0.6 is 23.0 Å². The van der Waals surface area contributed by atoms with Crippen LogP contribution in [0.15, 0.2) is 60.7 Å². The molecule has 0 saturated heterocycles. The Labute approximate surface area is 121 Å². The highest BCUT2D eigenvalue weighted by atomic mass is 127. The molecule has 0 aromatic heterocycles. The summed E-state index contributed by atoms with van der Waals surface area (Å²) in [6.45, 7) is 0. The van der Waals surface area contributed by atoms with Gasteiger partial charge in [0, 0.05) is 0 Å². The van der Waals surface area contributed by atoms with E-state index < -0.39 is 0 Å². The SMILES string of the molecule is O=C(OI)[C@@H](Cc1ccccc1)c1ccccc1. The maximum atomic E-state index is 11.9. The van der Waals surface area contributed by atoms with Crippen LogP contribution in [0.4, 0.5) is 0 Å². The lowest BCUT2D eigenvalue weighted by Crippen LogP contribution is -2.15. The van der Waals surface area contributed by atoms with Gasteiger partial charge in [-0.1, -0.05) is 60.7 Å². The summed E-state index contributed by atoms with van der Waals surface area (Å²) in [4.78, 5) is 11.9. The molecule has 1 atom stereocenters. The van der Waals surface area contributed by atoms with Crippen LogP contribution in [-0.4, -0.2) is 5.97 Å². The molecule has 3 heteroatoms. The third-order valence-corrected chi connectivity index (χ3v) is 3.28. The molecular weight excluding hydrogens is 339 g/mol. The van der Waals surface area contributed by atoms with Gasteiger partial charge in [-0.25, -0.2) is 0 Å². The van der Waals surface area contributed by atoms with Gasteiger partial charge in [0.25, 0.3) is 0 Å². The molecule has 0 unspecified atom stereocenters. The van der Waals surface area contributed by atoms with E-state index in [9.17, 15) is 4.79 Å². The molecular formula is C15H13IO2. The minimum atomic E-state index is -0.245. The van der Waals surface area contributed by atoms with E-state index in [4.69, 9.17) is 3.07 Å². The van der Waals surface area contributed by atoms with E-state index in [1.54, 1.807) is 23.0 Å². The van der Waals surface area contributed by atoms with Gasteiger partial charge in [0.15, 0.2) is 23.0 Å². The van der Waals surface area contributed by atoms with Gasteiger partial charge in [-0.05, 0) is 17.5 Å². The zero-order valence-electron chi connectivity index (χ0n) is 9.75. The molecule has 0 bridgehead atoms. The fraction of sp³-hybridized carbons (Fsp3) is 0.133. The predicted octanol–water partition coefficient (Wildman–Crippen LogP) is 3.91. The predicted molar refractivity (Wildman–Crippen MR) is 79.4 cm³/mol. The molecule has 0 fully saturated rings. The average Bonchev–Trinajstić information content (AvgIpc) is 2.46. The van der Waals surface area contributed by atoms with E-state index in [-0.39, 0.29) is 11.9 Å². The Hall–Kier alpha value is -1.36. The second kappa shape index (κ2) is 6.54. The molecule has 0 aliphatic heterocycles. The summed E-state index contributed by atoms with van der Waals surface area (Å²) in [5, 5.41) is 0. The van der Waals surface area contributed by atoms with Crippen molar-refractivity contribution in [2.24, 2.45) is 0 Å². The molecule has 0 aliphatic carbocycles. The molecule has 2 rings (SSSR count). The molecule has 2 nitrogen and oxygen atoms in total. The standard InChI is InChI=1S/C15H13IO2/c16-18-15(17)14(13-9-5-2-6-10-13)11-12-7-3-1-4-8-12/h1-10,14H,11H2/t14-/m0/s1. The van der Waals surface area contributed by atoms with E-state index in [1.165, 1.54) is 0 Å². The van der Waals surface area contributed by atoms with Crippen LogP contribution < -0.4 is 0 Å². The Morgan fingerprint density at radius 1 is 1.00 bits per heavy atom. The third kappa shape index (κ3) is 3.32. The second-order valence-corrected chi connectivity index (χ2v) is 4.49. The van der Waals surface area contributed by atoms with Crippen molar-refractivity contribution in [3.63, 3.8) is 0 Å². The van der Waals surface area contributed by atoms with Crippen molar-refractivity contribution in [3.8, 4) is 0 Å². The van der Waals surface area contributed by atoms with Crippen LogP contribution in [0.5, 0.6) is 0 Å². The summed E-state index contributed by atoms with van der Waals surface area (Å²) in [5.41, 5.74) is 2.12.